The van der Waals surface area contributed by atoms with Crippen LogP contribution < -0.4 is 5.32 Å². The molecule has 1 aromatic carbocycles. The lowest BCUT2D eigenvalue weighted by Gasteiger charge is -2.60. The zero-order valence-corrected chi connectivity index (χ0v) is 20.8. The van der Waals surface area contributed by atoms with E-state index in [9.17, 15) is 22.8 Å². The molecule has 4 nitrogen and oxygen atoms in total. The Labute approximate surface area is 200 Å². The third-order valence-electron chi connectivity index (χ3n) is 9.04. The van der Waals surface area contributed by atoms with E-state index in [2.05, 4.69) is 33.0 Å². The summed E-state index contributed by atoms with van der Waals surface area (Å²) < 4.78 is 42.5. The summed E-state index contributed by atoms with van der Waals surface area (Å²) in [7, 11) is 1.82. The van der Waals surface area contributed by atoms with Gasteiger partial charge in [-0.2, -0.15) is 13.2 Å². The number of nitrogens with zero attached hydrogens (tertiary/aromatic N) is 1. The Kier molecular flexibility index (Phi) is 6.31. The Morgan fingerprint density at radius 3 is 2.47 bits per heavy atom. The second-order valence-corrected chi connectivity index (χ2v) is 11.9. The van der Waals surface area contributed by atoms with Gasteiger partial charge in [0.15, 0.2) is 0 Å². The van der Waals surface area contributed by atoms with Crippen LogP contribution in [0.3, 0.4) is 0 Å². The third kappa shape index (κ3) is 4.35. The molecule has 0 bridgehead atoms. The number of fused-ring (bicyclic) bond motifs is 3. The molecule has 0 spiro atoms. The molecular formula is C27H37F3N2O2. The average molecular weight is 479 g/mol. The van der Waals surface area contributed by atoms with Crippen LogP contribution in [-0.2, 0) is 15.0 Å². The quantitative estimate of drug-likeness (QED) is 0.553. The molecule has 0 radical (unpaired) electrons. The minimum Gasteiger partial charge on any atom is -0.342 e. The molecule has 3 aliphatic rings. The molecule has 0 unspecified atom stereocenters. The topological polar surface area (TPSA) is 49.4 Å². The van der Waals surface area contributed by atoms with Gasteiger partial charge in [0, 0.05) is 25.2 Å². The molecule has 1 saturated heterocycles. The Morgan fingerprint density at radius 1 is 1.12 bits per heavy atom. The summed E-state index contributed by atoms with van der Waals surface area (Å²) >= 11 is 0. The maximum Gasteiger partial charge on any atom is 0.392 e. The molecule has 6 atom stereocenters. The highest BCUT2D eigenvalue weighted by Gasteiger charge is 2.61. The summed E-state index contributed by atoms with van der Waals surface area (Å²) in [5.41, 5.74) is 1.17. The number of rotatable bonds is 2. The van der Waals surface area contributed by atoms with Crippen molar-refractivity contribution in [2.75, 3.05) is 12.4 Å². The van der Waals surface area contributed by atoms with Crippen LogP contribution in [0.15, 0.2) is 24.3 Å². The standard InChI is InChI=1S/C27H37F3N2O2/c1-25(2,3)16-7-6-8-17(15-16)31-24(34)23-18-9-12-21-26(4,14-13-22(33)32(21)5)19(18)10-11-20(23)27(28,29)30/h6-8,15,18-21,23H,9-14H2,1-5H3,(H,31,34)/t18-,19+,20+,21-,23+,26-/m0/s1. The summed E-state index contributed by atoms with van der Waals surface area (Å²) in [5, 5.41) is 2.86. The van der Waals surface area contributed by atoms with Crippen molar-refractivity contribution < 1.29 is 22.8 Å². The van der Waals surface area contributed by atoms with Crippen molar-refractivity contribution in [2.45, 2.75) is 83.9 Å². The van der Waals surface area contributed by atoms with Crippen LogP contribution in [-0.4, -0.2) is 36.0 Å². The van der Waals surface area contributed by atoms with Crippen molar-refractivity contribution in [2.24, 2.45) is 29.1 Å². The molecule has 1 aliphatic heterocycles. The molecule has 1 heterocycles. The van der Waals surface area contributed by atoms with E-state index in [1.54, 1.807) is 6.07 Å². The first kappa shape index (κ1) is 25.1. The predicted octanol–water partition coefficient (Wildman–Crippen LogP) is 6.16. The van der Waals surface area contributed by atoms with Crippen LogP contribution in [0.1, 0.15) is 71.8 Å². The smallest absolute Gasteiger partial charge is 0.342 e. The number of amides is 2. The highest BCUT2D eigenvalue weighted by molar-refractivity contribution is 5.93. The van der Waals surface area contributed by atoms with Gasteiger partial charge in [-0.05, 0) is 72.5 Å². The number of halogens is 3. The van der Waals surface area contributed by atoms with Gasteiger partial charge in [-0.15, -0.1) is 0 Å². The molecule has 1 N–H and O–H groups in total. The van der Waals surface area contributed by atoms with E-state index in [0.29, 0.717) is 37.8 Å². The first-order chi connectivity index (χ1) is 15.7. The number of piperidine rings is 1. The van der Waals surface area contributed by atoms with Gasteiger partial charge in [-0.3, -0.25) is 9.59 Å². The van der Waals surface area contributed by atoms with Gasteiger partial charge in [0.05, 0.1) is 11.8 Å². The monoisotopic (exact) mass is 478 g/mol. The van der Waals surface area contributed by atoms with Crippen molar-refractivity contribution in [3.8, 4) is 0 Å². The number of carbonyl (C=O) groups is 2. The minimum atomic E-state index is -4.42. The highest BCUT2D eigenvalue weighted by Crippen LogP contribution is 2.60. The highest BCUT2D eigenvalue weighted by atomic mass is 19.4. The first-order valence-electron chi connectivity index (χ1n) is 12.5. The van der Waals surface area contributed by atoms with Gasteiger partial charge >= 0.3 is 6.18 Å². The molecule has 2 saturated carbocycles. The largest absolute Gasteiger partial charge is 0.392 e. The van der Waals surface area contributed by atoms with Crippen molar-refractivity contribution in [3.05, 3.63) is 29.8 Å². The van der Waals surface area contributed by atoms with Gasteiger partial charge in [0.25, 0.3) is 0 Å². The van der Waals surface area contributed by atoms with Crippen molar-refractivity contribution in [1.82, 2.24) is 4.90 Å². The van der Waals surface area contributed by atoms with Gasteiger partial charge in [0.2, 0.25) is 11.8 Å². The number of likely N-dealkylation sites (tertiary alicyclic amines) is 1. The Balaban J connectivity index is 1.65. The van der Waals surface area contributed by atoms with Crippen molar-refractivity contribution in [3.63, 3.8) is 0 Å². The zero-order chi connectivity index (χ0) is 25.1. The van der Waals surface area contributed by atoms with Gasteiger partial charge < -0.3 is 10.2 Å². The Morgan fingerprint density at radius 2 is 1.82 bits per heavy atom. The summed E-state index contributed by atoms with van der Waals surface area (Å²) in [6, 6.07) is 7.44. The molecule has 1 aromatic rings. The maximum atomic E-state index is 14.2. The summed E-state index contributed by atoms with van der Waals surface area (Å²) in [4.78, 5) is 27.7. The molecule has 34 heavy (non-hydrogen) atoms. The fourth-order valence-corrected chi connectivity index (χ4v) is 7.18. The van der Waals surface area contributed by atoms with E-state index in [1.807, 2.05) is 30.1 Å². The van der Waals surface area contributed by atoms with E-state index in [-0.39, 0.29) is 41.0 Å². The van der Waals surface area contributed by atoms with Crippen LogP contribution in [0.2, 0.25) is 0 Å². The molecule has 3 fully saturated rings. The van der Waals surface area contributed by atoms with Gasteiger partial charge in [-0.25, -0.2) is 0 Å². The van der Waals surface area contributed by atoms with Gasteiger partial charge in [0.1, 0.15) is 0 Å². The summed E-state index contributed by atoms with van der Waals surface area (Å²) in [6.07, 6.45) is -1.72. The number of carbonyl (C=O) groups excluding carboxylic acids is 2. The normalized spacial score (nSPS) is 34.3. The number of nitrogens with one attached hydrogen (secondary N) is 1. The molecule has 0 aromatic heterocycles. The molecule has 2 aliphatic carbocycles. The number of hydrogen-bond acceptors (Lipinski definition) is 2. The molecule has 188 valence electrons. The minimum absolute atomic E-state index is 0.00272. The third-order valence-corrected chi connectivity index (χ3v) is 9.04. The lowest BCUT2D eigenvalue weighted by atomic mass is 9.49. The van der Waals surface area contributed by atoms with E-state index in [4.69, 9.17) is 0 Å². The van der Waals surface area contributed by atoms with Crippen molar-refractivity contribution in [1.29, 1.82) is 0 Å². The molecule has 7 heteroatoms. The van der Waals surface area contributed by atoms with E-state index in [1.165, 1.54) is 0 Å². The zero-order valence-electron chi connectivity index (χ0n) is 20.8. The number of hydrogen-bond donors (Lipinski definition) is 1. The van der Waals surface area contributed by atoms with Crippen LogP contribution >= 0.6 is 0 Å². The number of alkyl halides is 3. The first-order valence-corrected chi connectivity index (χ1v) is 12.5. The Hall–Kier alpha value is -2.05. The fourth-order valence-electron chi connectivity index (χ4n) is 7.18. The number of anilines is 1. The maximum absolute atomic E-state index is 14.2. The molecular weight excluding hydrogens is 441 g/mol. The van der Waals surface area contributed by atoms with E-state index < -0.39 is 23.9 Å². The van der Waals surface area contributed by atoms with E-state index in [0.717, 1.165) is 5.56 Å². The van der Waals surface area contributed by atoms with Crippen LogP contribution in [0, 0.1) is 29.1 Å². The Bertz CT molecular complexity index is 954. The van der Waals surface area contributed by atoms with E-state index >= 15 is 0 Å². The fraction of sp³-hybridized carbons (Fsp3) is 0.704. The summed E-state index contributed by atoms with van der Waals surface area (Å²) in [6.45, 7) is 8.31. The lowest BCUT2D eigenvalue weighted by molar-refractivity contribution is -0.219. The van der Waals surface area contributed by atoms with Crippen molar-refractivity contribution >= 4 is 17.5 Å². The average Bonchev–Trinajstić information content (AvgIpc) is 2.74. The predicted molar refractivity (Wildman–Crippen MR) is 126 cm³/mol. The molecule has 2 amide bonds. The number of benzene rings is 1. The summed E-state index contributed by atoms with van der Waals surface area (Å²) in [5.74, 6) is -3.50. The van der Waals surface area contributed by atoms with Crippen LogP contribution in [0.4, 0.5) is 18.9 Å². The van der Waals surface area contributed by atoms with Crippen LogP contribution in [0.5, 0.6) is 0 Å². The van der Waals surface area contributed by atoms with Gasteiger partial charge in [-0.1, -0.05) is 39.8 Å². The SMILES string of the molecule is CN1C(=O)CC[C@@]2(C)[C@@H]3CC[C@@H](C(F)(F)F)[C@H](C(=O)Nc4cccc(C(C)(C)C)c4)[C@H]3CC[C@H]12. The molecule has 4 rings (SSSR count). The second kappa shape index (κ2) is 8.56. The lowest BCUT2D eigenvalue weighted by Crippen LogP contribution is -2.62. The second-order valence-electron chi connectivity index (χ2n) is 11.9. The van der Waals surface area contributed by atoms with Crippen LogP contribution in [0.25, 0.3) is 0 Å².